The van der Waals surface area contributed by atoms with Gasteiger partial charge in [-0.05, 0) is 25.5 Å². The Morgan fingerprint density at radius 2 is 2.21 bits per heavy atom. The van der Waals surface area contributed by atoms with Crippen molar-refractivity contribution in [3.63, 3.8) is 0 Å². The summed E-state index contributed by atoms with van der Waals surface area (Å²) < 4.78 is 0. The summed E-state index contributed by atoms with van der Waals surface area (Å²) in [5.74, 6) is 0. The number of aryl methyl sites for hydroxylation is 2. The summed E-state index contributed by atoms with van der Waals surface area (Å²) >= 11 is 1.61. The molecule has 6 heteroatoms. The van der Waals surface area contributed by atoms with Crippen molar-refractivity contribution in [3.05, 3.63) is 50.0 Å². The molecule has 1 aromatic heterocycles. The van der Waals surface area contributed by atoms with Crippen molar-refractivity contribution in [2.75, 3.05) is 11.9 Å². The molecular weight excluding hydrogens is 262 g/mol. The molecule has 100 valence electrons. The molecule has 1 aromatic carbocycles. The standard InChI is InChI=1S/C13H15N3O2S/c1-9-3-4-12(13(7-9)16(17)18)14-6-5-11-8-19-10(2)15-11/h3-4,7-8,14H,5-6H2,1-2H3. The van der Waals surface area contributed by atoms with Gasteiger partial charge in [0, 0.05) is 24.4 Å². The van der Waals surface area contributed by atoms with Gasteiger partial charge in [0.25, 0.3) is 5.69 Å². The maximum Gasteiger partial charge on any atom is 0.292 e. The minimum atomic E-state index is -0.359. The molecule has 1 N–H and O–H groups in total. The van der Waals surface area contributed by atoms with E-state index in [1.54, 1.807) is 23.5 Å². The highest BCUT2D eigenvalue weighted by Crippen LogP contribution is 2.25. The third-order valence-electron chi connectivity index (χ3n) is 2.71. The van der Waals surface area contributed by atoms with E-state index in [0.717, 1.165) is 22.7 Å². The molecule has 0 bridgehead atoms. The molecule has 0 unspecified atom stereocenters. The first-order chi connectivity index (χ1) is 9.06. The molecule has 0 atom stereocenters. The summed E-state index contributed by atoms with van der Waals surface area (Å²) in [6, 6.07) is 5.19. The number of nitro benzene ring substituents is 1. The van der Waals surface area contributed by atoms with Crippen LogP contribution < -0.4 is 5.32 Å². The average molecular weight is 277 g/mol. The van der Waals surface area contributed by atoms with Gasteiger partial charge in [-0.15, -0.1) is 11.3 Å². The van der Waals surface area contributed by atoms with E-state index in [-0.39, 0.29) is 10.6 Å². The predicted molar refractivity (Wildman–Crippen MR) is 76.9 cm³/mol. The van der Waals surface area contributed by atoms with Crippen molar-refractivity contribution in [3.8, 4) is 0 Å². The Hall–Kier alpha value is -1.95. The quantitative estimate of drug-likeness (QED) is 0.672. The predicted octanol–water partition coefficient (Wildman–Crippen LogP) is 3.32. The van der Waals surface area contributed by atoms with Gasteiger partial charge in [-0.25, -0.2) is 4.98 Å². The van der Waals surface area contributed by atoms with E-state index in [0.29, 0.717) is 12.2 Å². The molecule has 19 heavy (non-hydrogen) atoms. The lowest BCUT2D eigenvalue weighted by atomic mass is 10.2. The molecule has 0 saturated heterocycles. The first-order valence-corrected chi connectivity index (χ1v) is 6.84. The van der Waals surface area contributed by atoms with Gasteiger partial charge in [0.2, 0.25) is 0 Å². The Labute approximate surface area is 115 Å². The van der Waals surface area contributed by atoms with Crippen LogP contribution in [0.1, 0.15) is 16.3 Å². The molecular formula is C13H15N3O2S. The lowest BCUT2D eigenvalue weighted by molar-refractivity contribution is -0.384. The van der Waals surface area contributed by atoms with Crippen LogP contribution >= 0.6 is 11.3 Å². The third kappa shape index (κ3) is 3.51. The van der Waals surface area contributed by atoms with Crippen molar-refractivity contribution in [1.82, 2.24) is 4.98 Å². The smallest absolute Gasteiger partial charge is 0.292 e. The number of aromatic nitrogens is 1. The van der Waals surface area contributed by atoms with E-state index in [9.17, 15) is 10.1 Å². The molecule has 0 aliphatic rings. The molecule has 0 aliphatic carbocycles. The van der Waals surface area contributed by atoms with Gasteiger partial charge >= 0.3 is 0 Å². The lowest BCUT2D eigenvalue weighted by Crippen LogP contribution is -2.07. The normalized spacial score (nSPS) is 10.4. The van der Waals surface area contributed by atoms with Gasteiger partial charge in [-0.2, -0.15) is 0 Å². The molecule has 0 amide bonds. The fourth-order valence-corrected chi connectivity index (χ4v) is 2.44. The summed E-state index contributed by atoms with van der Waals surface area (Å²) in [5.41, 5.74) is 2.58. The van der Waals surface area contributed by atoms with Gasteiger partial charge in [0.15, 0.2) is 0 Å². The molecule has 0 fully saturated rings. The number of nitrogens with zero attached hydrogens (tertiary/aromatic N) is 2. The Balaban J connectivity index is 2.01. The van der Waals surface area contributed by atoms with Crippen molar-refractivity contribution < 1.29 is 4.92 Å². The Kier molecular flexibility index (Phi) is 4.11. The second kappa shape index (κ2) is 5.79. The van der Waals surface area contributed by atoms with Crippen LogP contribution in [0.25, 0.3) is 0 Å². The minimum Gasteiger partial charge on any atom is -0.379 e. The molecule has 5 nitrogen and oxygen atoms in total. The maximum atomic E-state index is 11.0. The number of hydrogen-bond acceptors (Lipinski definition) is 5. The number of rotatable bonds is 5. The summed E-state index contributed by atoms with van der Waals surface area (Å²) in [6.07, 6.45) is 0.759. The highest BCUT2D eigenvalue weighted by Gasteiger charge is 2.13. The van der Waals surface area contributed by atoms with Crippen LogP contribution in [0.2, 0.25) is 0 Å². The van der Waals surface area contributed by atoms with Crippen molar-refractivity contribution in [1.29, 1.82) is 0 Å². The third-order valence-corrected chi connectivity index (χ3v) is 3.54. The maximum absolute atomic E-state index is 11.0. The van der Waals surface area contributed by atoms with Crippen LogP contribution in [0.5, 0.6) is 0 Å². The fourth-order valence-electron chi connectivity index (χ4n) is 1.79. The van der Waals surface area contributed by atoms with E-state index >= 15 is 0 Å². The number of thiazole rings is 1. The zero-order valence-electron chi connectivity index (χ0n) is 10.8. The monoisotopic (exact) mass is 277 g/mol. The number of anilines is 1. The molecule has 1 heterocycles. The van der Waals surface area contributed by atoms with Crippen LogP contribution in [-0.4, -0.2) is 16.5 Å². The van der Waals surface area contributed by atoms with Gasteiger partial charge in [0.1, 0.15) is 5.69 Å². The number of benzene rings is 1. The zero-order chi connectivity index (χ0) is 13.8. The largest absolute Gasteiger partial charge is 0.379 e. The molecule has 0 saturated carbocycles. The van der Waals surface area contributed by atoms with Gasteiger partial charge in [-0.1, -0.05) is 6.07 Å². The van der Waals surface area contributed by atoms with Crippen molar-refractivity contribution in [2.24, 2.45) is 0 Å². The second-order valence-corrected chi connectivity index (χ2v) is 5.37. The SMILES string of the molecule is Cc1ccc(NCCc2csc(C)n2)c([N+](=O)[O-])c1. The summed E-state index contributed by atoms with van der Waals surface area (Å²) in [5, 5.41) is 17.1. The Bertz CT molecular complexity index is 595. The van der Waals surface area contributed by atoms with Crippen LogP contribution in [0.3, 0.4) is 0 Å². The van der Waals surface area contributed by atoms with E-state index in [1.807, 2.05) is 25.3 Å². The second-order valence-electron chi connectivity index (χ2n) is 4.31. The minimum absolute atomic E-state index is 0.120. The van der Waals surface area contributed by atoms with Crippen molar-refractivity contribution in [2.45, 2.75) is 20.3 Å². The first kappa shape index (κ1) is 13.5. The fraction of sp³-hybridized carbons (Fsp3) is 0.308. The Morgan fingerprint density at radius 1 is 1.42 bits per heavy atom. The van der Waals surface area contributed by atoms with E-state index in [4.69, 9.17) is 0 Å². The highest BCUT2D eigenvalue weighted by atomic mass is 32.1. The molecule has 2 aromatic rings. The van der Waals surface area contributed by atoms with Gasteiger partial charge in [-0.3, -0.25) is 10.1 Å². The molecule has 2 rings (SSSR count). The summed E-state index contributed by atoms with van der Waals surface area (Å²) in [7, 11) is 0. The number of hydrogen-bond donors (Lipinski definition) is 1. The highest BCUT2D eigenvalue weighted by molar-refractivity contribution is 7.09. The zero-order valence-corrected chi connectivity index (χ0v) is 11.7. The molecule has 0 spiro atoms. The summed E-state index contributed by atoms with van der Waals surface area (Å²) in [4.78, 5) is 15.0. The topological polar surface area (TPSA) is 68.1 Å². The van der Waals surface area contributed by atoms with Gasteiger partial charge < -0.3 is 5.32 Å². The van der Waals surface area contributed by atoms with Crippen LogP contribution in [-0.2, 0) is 6.42 Å². The van der Waals surface area contributed by atoms with E-state index in [1.165, 1.54) is 0 Å². The van der Waals surface area contributed by atoms with Crippen LogP contribution in [0.4, 0.5) is 11.4 Å². The first-order valence-electron chi connectivity index (χ1n) is 5.96. The molecule has 0 radical (unpaired) electrons. The molecule has 0 aliphatic heterocycles. The van der Waals surface area contributed by atoms with Gasteiger partial charge in [0.05, 0.1) is 15.6 Å². The summed E-state index contributed by atoms with van der Waals surface area (Å²) in [6.45, 7) is 4.44. The lowest BCUT2D eigenvalue weighted by Gasteiger charge is -2.06. The van der Waals surface area contributed by atoms with Crippen LogP contribution in [0, 0.1) is 24.0 Å². The Morgan fingerprint density at radius 3 is 2.84 bits per heavy atom. The van der Waals surface area contributed by atoms with Crippen LogP contribution in [0.15, 0.2) is 23.6 Å². The van der Waals surface area contributed by atoms with Crippen molar-refractivity contribution >= 4 is 22.7 Å². The van der Waals surface area contributed by atoms with E-state index < -0.39 is 0 Å². The number of nitro groups is 1. The van der Waals surface area contributed by atoms with E-state index in [2.05, 4.69) is 10.3 Å². The average Bonchev–Trinajstić information content (AvgIpc) is 2.77. The number of nitrogens with one attached hydrogen (secondary N) is 1.